The molecule has 5 rings (SSSR count). The van der Waals surface area contributed by atoms with Crippen LogP contribution in [0.15, 0.2) is 48.5 Å². The molecule has 4 aromatic rings. The van der Waals surface area contributed by atoms with E-state index in [9.17, 15) is 4.79 Å². The van der Waals surface area contributed by atoms with Gasteiger partial charge >= 0.3 is 0 Å². The van der Waals surface area contributed by atoms with Gasteiger partial charge in [-0.3, -0.25) is 4.79 Å². The van der Waals surface area contributed by atoms with Gasteiger partial charge in [-0.25, -0.2) is 13.2 Å². The van der Waals surface area contributed by atoms with E-state index in [2.05, 4.69) is 49.6 Å². The van der Waals surface area contributed by atoms with Crippen molar-refractivity contribution < 1.29 is 23.0 Å². The minimum atomic E-state index is -0.828. The number of rotatable bonds is 7. The van der Waals surface area contributed by atoms with Crippen LogP contribution in [0.3, 0.4) is 0 Å². The number of piperazine rings is 1. The standard InChI is InChI=1S/C27H27F2IN5O3P/c1-15-14-34(11-10-31-15)18-7-4-16(5-8-18)27(36)32-26-19-9-6-17(12-20(19)35(33-26)39-30)23-24(28)21(37-2)13-22(38-3)25(23)29/h4-9,12-13,15,31,39H,10-11,14H2,1-3H3,(H,32,33,36)/t15-/m1/s1. The number of carbonyl (C=O) groups excluding carboxylic acids is 1. The van der Waals surface area contributed by atoms with Gasteiger partial charge in [0.1, 0.15) is 0 Å². The third-order valence-electron chi connectivity index (χ3n) is 6.72. The van der Waals surface area contributed by atoms with Gasteiger partial charge in [-0.1, -0.05) is 6.07 Å². The lowest BCUT2D eigenvalue weighted by atomic mass is 10.0. The average molecular weight is 665 g/mol. The van der Waals surface area contributed by atoms with Crippen LogP contribution in [0.2, 0.25) is 0 Å². The molecule has 3 aromatic carbocycles. The SMILES string of the molecule is COc1cc(OC)c(F)c(-c2ccc3c(NC(=O)c4ccc(N5CCN[C@H](C)C5)cc4)nn(PI)c3c2)c1F. The van der Waals surface area contributed by atoms with Crippen LogP contribution in [0.25, 0.3) is 22.0 Å². The second kappa shape index (κ2) is 11.6. The van der Waals surface area contributed by atoms with Crippen LogP contribution in [0, 0.1) is 11.6 Å². The van der Waals surface area contributed by atoms with E-state index in [1.807, 2.05) is 12.1 Å². The largest absolute Gasteiger partial charge is 0.494 e. The Morgan fingerprint density at radius 3 is 2.41 bits per heavy atom. The second-order valence-corrected chi connectivity index (χ2v) is 11.2. The maximum absolute atomic E-state index is 15.1. The summed E-state index contributed by atoms with van der Waals surface area (Å²) in [6.45, 7) is 4.89. The molecule has 0 bridgehead atoms. The monoisotopic (exact) mass is 665 g/mol. The first-order valence-corrected chi connectivity index (χ1v) is 16.3. The quantitative estimate of drug-likeness (QED) is 0.191. The number of nitrogens with one attached hydrogen (secondary N) is 2. The van der Waals surface area contributed by atoms with Crippen molar-refractivity contribution in [3.63, 3.8) is 0 Å². The van der Waals surface area contributed by atoms with E-state index >= 15 is 8.78 Å². The van der Waals surface area contributed by atoms with Crippen molar-refractivity contribution in [2.45, 2.75) is 13.0 Å². The van der Waals surface area contributed by atoms with Crippen molar-refractivity contribution in [1.82, 2.24) is 14.9 Å². The van der Waals surface area contributed by atoms with Crippen LogP contribution < -0.4 is 25.0 Å². The van der Waals surface area contributed by atoms with Gasteiger partial charge in [0.15, 0.2) is 29.0 Å². The first kappa shape index (κ1) is 27.5. The molecule has 2 heterocycles. The number of carbonyl (C=O) groups is 1. The molecular formula is C27H27F2IN5O3P. The maximum atomic E-state index is 15.1. The molecule has 0 saturated carbocycles. The summed E-state index contributed by atoms with van der Waals surface area (Å²) < 4.78 is 42.1. The fourth-order valence-corrected chi connectivity index (χ4v) is 6.25. The summed E-state index contributed by atoms with van der Waals surface area (Å²) in [7, 11) is 2.62. The lowest BCUT2D eigenvalue weighted by Crippen LogP contribution is -2.49. The van der Waals surface area contributed by atoms with Crippen LogP contribution in [0.5, 0.6) is 11.5 Å². The highest BCUT2D eigenvalue weighted by Crippen LogP contribution is 2.40. The zero-order valence-electron chi connectivity index (χ0n) is 21.5. The lowest BCUT2D eigenvalue weighted by Gasteiger charge is -2.33. The van der Waals surface area contributed by atoms with E-state index in [0.29, 0.717) is 33.9 Å². The Balaban J connectivity index is 1.44. The van der Waals surface area contributed by atoms with Gasteiger partial charge in [0.25, 0.3) is 5.91 Å². The van der Waals surface area contributed by atoms with Gasteiger partial charge in [-0.15, -0.1) is 5.10 Å². The lowest BCUT2D eigenvalue weighted by molar-refractivity contribution is 0.102. The van der Waals surface area contributed by atoms with Crippen molar-refractivity contribution in [1.29, 1.82) is 0 Å². The van der Waals surface area contributed by atoms with Gasteiger partial charge < -0.3 is 25.0 Å². The number of aromatic nitrogens is 2. The first-order chi connectivity index (χ1) is 18.8. The highest BCUT2D eigenvalue weighted by molar-refractivity contribution is 14.2. The van der Waals surface area contributed by atoms with Crippen LogP contribution >= 0.6 is 28.4 Å². The van der Waals surface area contributed by atoms with E-state index in [4.69, 9.17) is 9.47 Å². The van der Waals surface area contributed by atoms with Crippen LogP contribution in [-0.4, -0.2) is 55.4 Å². The number of ether oxygens (including phenoxy) is 2. The summed E-state index contributed by atoms with van der Waals surface area (Å²) in [6, 6.07) is 14.0. The minimum absolute atomic E-state index is 0.127. The Labute approximate surface area is 239 Å². The van der Waals surface area contributed by atoms with Crippen LogP contribution in [0.1, 0.15) is 17.3 Å². The minimum Gasteiger partial charge on any atom is -0.494 e. The Hall–Kier alpha value is -3.02. The zero-order chi connectivity index (χ0) is 27.7. The topological polar surface area (TPSA) is 80.7 Å². The van der Waals surface area contributed by atoms with Crippen LogP contribution in [-0.2, 0) is 0 Å². The van der Waals surface area contributed by atoms with Crippen molar-refractivity contribution in [3.05, 3.63) is 65.7 Å². The molecule has 0 spiro atoms. The van der Waals surface area contributed by atoms with Crippen molar-refractivity contribution >= 4 is 56.7 Å². The number of halogens is 3. The first-order valence-electron chi connectivity index (χ1n) is 12.2. The number of amides is 1. The number of hydrogen-bond donors (Lipinski definition) is 2. The molecule has 204 valence electrons. The summed E-state index contributed by atoms with van der Waals surface area (Å²) in [5, 5.41) is 11.5. The molecule has 1 amide bonds. The summed E-state index contributed by atoms with van der Waals surface area (Å²) >= 11 is 2.17. The summed E-state index contributed by atoms with van der Waals surface area (Å²) in [5.74, 6) is -1.83. The molecule has 0 aliphatic carbocycles. The Kier molecular flexibility index (Phi) is 8.20. The predicted octanol–water partition coefficient (Wildman–Crippen LogP) is 5.84. The van der Waals surface area contributed by atoms with E-state index in [-0.39, 0.29) is 29.3 Å². The van der Waals surface area contributed by atoms with Gasteiger partial charge in [-0.2, -0.15) is 0 Å². The molecule has 1 unspecified atom stereocenters. The molecule has 1 aliphatic rings. The van der Waals surface area contributed by atoms with Crippen molar-refractivity contribution in [2.75, 3.05) is 44.1 Å². The normalized spacial score (nSPS) is 15.7. The maximum Gasteiger partial charge on any atom is 0.256 e. The van der Waals surface area contributed by atoms with Crippen LogP contribution in [0.4, 0.5) is 20.3 Å². The fraction of sp³-hybridized carbons (Fsp3) is 0.259. The van der Waals surface area contributed by atoms with E-state index in [1.54, 1.807) is 34.8 Å². The highest BCUT2D eigenvalue weighted by Gasteiger charge is 2.23. The zero-order valence-corrected chi connectivity index (χ0v) is 24.7. The third kappa shape index (κ3) is 5.39. The van der Waals surface area contributed by atoms with E-state index in [0.717, 1.165) is 25.3 Å². The van der Waals surface area contributed by atoms with E-state index < -0.39 is 11.6 Å². The Morgan fingerprint density at radius 2 is 1.79 bits per heavy atom. The molecule has 1 fully saturated rings. The fourth-order valence-electron chi connectivity index (χ4n) is 4.74. The molecule has 39 heavy (non-hydrogen) atoms. The molecule has 8 nitrogen and oxygen atoms in total. The second-order valence-electron chi connectivity index (χ2n) is 9.16. The summed E-state index contributed by atoms with van der Waals surface area (Å²) in [6.07, 6.45) is 0.187. The summed E-state index contributed by atoms with van der Waals surface area (Å²) in [4.78, 5) is 15.4. The number of benzene rings is 3. The highest BCUT2D eigenvalue weighted by atomic mass is 127. The molecule has 2 atom stereocenters. The average Bonchev–Trinajstić information content (AvgIpc) is 3.30. The molecule has 0 radical (unpaired) electrons. The van der Waals surface area contributed by atoms with Gasteiger partial charge in [0.2, 0.25) is 0 Å². The predicted molar refractivity (Wildman–Crippen MR) is 160 cm³/mol. The van der Waals surface area contributed by atoms with Crippen molar-refractivity contribution in [2.24, 2.45) is 0 Å². The Bertz CT molecular complexity index is 1500. The molecule has 1 saturated heterocycles. The summed E-state index contributed by atoms with van der Waals surface area (Å²) in [5.41, 5.74) is 2.23. The molecule has 2 N–H and O–H groups in total. The number of nitrogens with zero attached hydrogens (tertiary/aromatic N) is 3. The van der Waals surface area contributed by atoms with Gasteiger partial charge in [0.05, 0.1) is 31.7 Å². The number of fused-ring (bicyclic) bond motifs is 1. The molecule has 1 aliphatic heterocycles. The number of methoxy groups -OCH3 is 2. The molecular weight excluding hydrogens is 638 g/mol. The molecule has 12 heteroatoms. The molecule has 1 aromatic heterocycles. The van der Waals surface area contributed by atoms with E-state index in [1.165, 1.54) is 20.3 Å². The van der Waals surface area contributed by atoms with Crippen molar-refractivity contribution in [3.8, 4) is 22.6 Å². The van der Waals surface area contributed by atoms with Gasteiger partial charge in [-0.05, 0) is 70.9 Å². The Morgan fingerprint density at radius 1 is 1.10 bits per heavy atom. The number of hydrogen-bond acceptors (Lipinski definition) is 6. The number of anilines is 2. The van der Waals surface area contributed by atoms with Gasteiger partial charge in [0, 0.05) is 48.4 Å². The third-order valence-corrected chi connectivity index (χ3v) is 8.59. The smallest absolute Gasteiger partial charge is 0.256 e.